The van der Waals surface area contributed by atoms with Gasteiger partial charge in [0.25, 0.3) is 5.91 Å². The molecule has 0 atom stereocenters. The first-order valence-electron chi connectivity index (χ1n) is 7.53. The Hall–Kier alpha value is -2.65. The summed E-state index contributed by atoms with van der Waals surface area (Å²) in [6.07, 6.45) is 0. The highest BCUT2D eigenvalue weighted by Crippen LogP contribution is 2.28. The van der Waals surface area contributed by atoms with E-state index >= 15 is 0 Å². The van der Waals surface area contributed by atoms with E-state index in [9.17, 15) is 17.6 Å². The van der Waals surface area contributed by atoms with Crippen molar-refractivity contribution in [1.29, 1.82) is 0 Å². The molecule has 1 N–H and O–H groups in total. The minimum atomic E-state index is -3.68. The van der Waals surface area contributed by atoms with Gasteiger partial charge in [0, 0.05) is 14.1 Å². The van der Waals surface area contributed by atoms with E-state index in [1.54, 1.807) is 6.07 Å². The van der Waals surface area contributed by atoms with E-state index in [0.717, 1.165) is 4.31 Å². The number of carbonyl (C=O) groups is 1. The number of anilines is 1. The van der Waals surface area contributed by atoms with Gasteiger partial charge in [0.2, 0.25) is 10.0 Å². The molecule has 2 rings (SSSR count). The molecule has 0 aliphatic carbocycles. The third-order valence-corrected chi connectivity index (χ3v) is 5.23. The molecule has 0 unspecified atom stereocenters. The van der Waals surface area contributed by atoms with Crippen LogP contribution in [0.4, 0.5) is 10.1 Å². The Bertz CT molecular complexity index is 900. The van der Waals surface area contributed by atoms with E-state index in [2.05, 4.69) is 5.32 Å². The molecular formula is C17H19FN2O5S. The molecule has 1 amide bonds. The van der Waals surface area contributed by atoms with Crippen LogP contribution in [0.2, 0.25) is 0 Å². The van der Waals surface area contributed by atoms with Crippen LogP contribution in [0.25, 0.3) is 0 Å². The lowest BCUT2D eigenvalue weighted by molar-refractivity contribution is -0.118. The van der Waals surface area contributed by atoms with Gasteiger partial charge in [-0.2, -0.15) is 0 Å². The second kappa shape index (κ2) is 8.15. The van der Waals surface area contributed by atoms with Gasteiger partial charge in [0.1, 0.15) is 5.75 Å². The van der Waals surface area contributed by atoms with E-state index in [0.29, 0.717) is 0 Å². The van der Waals surface area contributed by atoms with Crippen LogP contribution in [0.3, 0.4) is 0 Å². The molecule has 0 aliphatic heterocycles. The Kier molecular flexibility index (Phi) is 6.17. The topological polar surface area (TPSA) is 84.9 Å². The predicted octanol–water partition coefficient (Wildman–Crippen LogP) is 2.10. The second-order valence-corrected chi connectivity index (χ2v) is 7.57. The van der Waals surface area contributed by atoms with E-state index < -0.39 is 28.4 Å². The smallest absolute Gasteiger partial charge is 0.262 e. The molecule has 7 nitrogen and oxygen atoms in total. The largest absolute Gasteiger partial charge is 0.495 e. The van der Waals surface area contributed by atoms with E-state index in [-0.39, 0.29) is 22.1 Å². The van der Waals surface area contributed by atoms with Crippen molar-refractivity contribution in [2.45, 2.75) is 4.90 Å². The van der Waals surface area contributed by atoms with Crippen LogP contribution in [0.15, 0.2) is 47.4 Å². The Balaban J connectivity index is 2.17. The zero-order valence-electron chi connectivity index (χ0n) is 14.5. The van der Waals surface area contributed by atoms with Gasteiger partial charge in [-0.25, -0.2) is 17.1 Å². The minimum Gasteiger partial charge on any atom is -0.495 e. The molecule has 2 aromatic carbocycles. The SMILES string of the molecule is COc1ccc(S(=O)(=O)N(C)C)cc1NC(=O)COc1ccccc1F. The monoisotopic (exact) mass is 382 g/mol. The lowest BCUT2D eigenvalue weighted by Gasteiger charge is -2.15. The second-order valence-electron chi connectivity index (χ2n) is 5.42. The Morgan fingerprint density at radius 2 is 1.85 bits per heavy atom. The van der Waals surface area contributed by atoms with Crippen LogP contribution in [-0.4, -0.2) is 46.4 Å². The highest BCUT2D eigenvalue weighted by Gasteiger charge is 2.20. The third kappa shape index (κ3) is 4.50. The molecule has 9 heteroatoms. The molecule has 0 spiro atoms. The lowest BCUT2D eigenvalue weighted by Crippen LogP contribution is -2.23. The van der Waals surface area contributed by atoms with E-state index in [1.165, 1.54) is 57.6 Å². The average Bonchev–Trinajstić information content (AvgIpc) is 2.60. The summed E-state index contributed by atoms with van der Waals surface area (Å²) in [6.45, 7) is -0.450. The van der Waals surface area contributed by atoms with E-state index in [1.807, 2.05) is 0 Å². The summed E-state index contributed by atoms with van der Waals surface area (Å²) in [5, 5.41) is 2.51. The highest BCUT2D eigenvalue weighted by atomic mass is 32.2. The number of rotatable bonds is 7. The van der Waals surface area contributed by atoms with Gasteiger partial charge < -0.3 is 14.8 Å². The van der Waals surface area contributed by atoms with Crippen molar-refractivity contribution in [2.24, 2.45) is 0 Å². The summed E-state index contributed by atoms with van der Waals surface area (Å²) < 4.78 is 49.3. The number of para-hydroxylation sites is 1. The molecule has 140 valence electrons. The molecule has 0 fully saturated rings. The van der Waals surface area contributed by atoms with Crippen LogP contribution < -0.4 is 14.8 Å². The van der Waals surface area contributed by atoms with Gasteiger partial charge in [-0.05, 0) is 30.3 Å². The van der Waals surface area contributed by atoms with Crippen molar-refractivity contribution in [3.63, 3.8) is 0 Å². The number of nitrogens with one attached hydrogen (secondary N) is 1. The highest BCUT2D eigenvalue weighted by molar-refractivity contribution is 7.89. The number of ether oxygens (including phenoxy) is 2. The van der Waals surface area contributed by atoms with Crippen LogP contribution in [0.5, 0.6) is 11.5 Å². The zero-order chi connectivity index (χ0) is 19.3. The minimum absolute atomic E-state index is 0.00591. The maximum atomic E-state index is 13.5. The third-order valence-electron chi connectivity index (χ3n) is 3.42. The standard InChI is InChI=1S/C17H19FN2O5S/c1-20(2)26(22,23)12-8-9-16(24-3)14(10-12)19-17(21)11-25-15-7-5-4-6-13(15)18/h4-10H,11H2,1-3H3,(H,19,21). The molecule has 0 radical (unpaired) electrons. The summed E-state index contributed by atoms with van der Waals surface area (Å²) in [5.74, 6) is -0.955. The van der Waals surface area contributed by atoms with Gasteiger partial charge in [-0.15, -0.1) is 0 Å². The molecule has 0 heterocycles. The first kappa shape index (κ1) is 19.7. The zero-order valence-corrected chi connectivity index (χ0v) is 15.3. The molecule has 2 aromatic rings. The average molecular weight is 382 g/mol. The number of hydrogen-bond acceptors (Lipinski definition) is 5. The van der Waals surface area contributed by atoms with Gasteiger partial charge in [0.15, 0.2) is 18.2 Å². The number of hydrogen-bond donors (Lipinski definition) is 1. The molecule has 0 aliphatic rings. The van der Waals surface area contributed by atoms with Gasteiger partial charge in [0.05, 0.1) is 17.7 Å². The molecule has 0 aromatic heterocycles. The normalized spacial score (nSPS) is 11.3. The van der Waals surface area contributed by atoms with Crippen LogP contribution >= 0.6 is 0 Å². The van der Waals surface area contributed by atoms with Crippen molar-refractivity contribution in [3.8, 4) is 11.5 Å². The molecular weight excluding hydrogens is 363 g/mol. The number of halogens is 1. The maximum Gasteiger partial charge on any atom is 0.262 e. The summed E-state index contributed by atoms with van der Waals surface area (Å²) in [7, 11) is 0.520. The summed E-state index contributed by atoms with van der Waals surface area (Å²) in [4.78, 5) is 12.1. The first-order valence-corrected chi connectivity index (χ1v) is 8.97. The number of methoxy groups -OCH3 is 1. The number of carbonyl (C=O) groups excluding carboxylic acids is 1. The lowest BCUT2D eigenvalue weighted by atomic mass is 10.3. The molecule has 26 heavy (non-hydrogen) atoms. The summed E-state index contributed by atoms with van der Waals surface area (Å²) in [6, 6.07) is 9.79. The van der Waals surface area contributed by atoms with Crippen molar-refractivity contribution in [2.75, 3.05) is 33.1 Å². The number of nitrogens with zero attached hydrogens (tertiary/aromatic N) is 1. The number of benzene rings is 2. The van der Waals surface area contributed by atoms with Gasteiger partial charge in [-0.3, -0.25) is 4.79 Å². The van der Waals surface area contributed by atoms with Crippen LogP contribution in [-0.2, 0) is 14.8 Å². The fraction of sp³-hybridized carbons (Fsp3) is 0.235. The fourth-order valence-corrected chi connectivity index (χ4v) is 2.98. The van der Waals surface area contributed by atoms with E-state index in [4.69, 9.17) is 9.47 Å². The molecule has 0 saturated heterocycles. The Labute approximate surface area is 151 Å². The Morgan fingerprint density at radius 1 is 1.15 bits per heavy atom. The molecule has 0 bridgehead atoms. The number of amides is 1. The Morgan fingerprint density at radius 3 is 2.46 bits per heavy atom. The molecule has 0 saturated carbocycles. The fourth-order valence-electron chi connectivity index (χ4n) is 2.05. The van der Waals surface area contributed by atoms with Crippen molar-refractivity contribution >= 4 is 21.6 Å². The van der Waals surface area contributed by atoms with Crippen molar-refractivity contribution in [1.82, 2.24) is 4.31 Å². The van der Waals surface area contributed by atoms with Crippen LogP contribution in [0.1, 0.15) is 0 Å². The van der Waals surface area contributed by atoms with Crippen molar-refractivity contribution in [3.05, 3.63) is 48.3 Å². The van der Waals surface area contributed by atoms with Crippen LogP contribution in [0, 0.1) is 5.82 Å². The van der Waals surface area contributed by atoms with Gasteiger partial charge in [-0.1, -0.05) is 12.1 Å². The van der Waals surface area contributed by atoms with Gasteiger partial charge >= 0.3 is 0 Å². The first-order chi connectivity index (χ1) is 12.3. The quantitative estimate of drug-likeness (QED) is 0.793. The van der Waals surface area contributed by atoms with Crippen molar-refractivity contribution < 1.29 is 27.1 Å². The summed E-state index contributed by atoms with van der Waals surface area (Å²) in [5.41, 5.74) is 0.164. The summed E-state index contributed by atoms with van der Waals surface area (Å²) >= 11 is 0. The number of sulfonamides is 1. The maximum absolute atomic E-state index is 13.5. The predicted molar refractivity (Wildman–Crippen MR) is 94.4 cm³/mol.